The van der Waals surface area contributed by atoms with Gasteiger partial charge in [0.15, 0.2) is 0 Å². The molecule has 0 radical (unpaired) electrons. The molecule has 0 amide bonds. The molecule has 2 atom stereocenters. The minimum Gasteiger partial charge on any atom is -0.488 e. The molecule has 5 rings (SSSR count). The van der Waals surface area contributed by atoms with Gasteiger partial charge in [-0.1, -0.05) is 59.6 Å². The number of carboxylic acid groups (broad SMARTS) is 1. The molecule has 0 fully saturated rings. The number of pyridine rings is 1. The molecule has 214 valence electrons. The van der Waals surface area contributed by atoms with Gasteiger partial charge in [0, 0.05) is 36.1 Å². The molecule has 0 aliphatic heterocycles. The second-order valence-corrected chi connectivity index (χ2v) is 10.6. The van der Waals surface area contributed by atoms with Gasteiger partial charge in [0.05, 0.1) is 17.2 Å². The largest absolute Gasteiger partial charge is 0.488 e. The molecule has 0 saturated heterocycles. The van der Waals surface area contributed by atoms with Gasteiger partial charge in [0.2, 0.25) is 0 Å². The van der Waals surface area contributed by atoms with E-state index >= 15 is 0 Å². The Balaban J connectivity index is 1.42. The van der Waals surface area contributed by atoms with Gasteiger partial charge in [0.1, 0.15) is 36.3 Å². The molecule has 3 N–H and O–H groups in total. The minimum absolute atomic E-state index is 0.0788. The second kappa shape index (κ2) is 13.0. The lowest BCUT2D eigenvalue weighted by Crippen LogP contribution is -2.39. The molecule has 3 aromatic carbocycles. The van der Waals surface area contributed by atoms with Gasteiger partial charge in [-0.2, -0.15) is 5.26 Å². The third-order valence-corrected chi connectivity index (χ3v) is 7.56. The first-order chi connectivity index (χ1) is 20.4. The van der Waals surface area contributed by atoms with Crippen LogP contribution in [0.4, 0.5) is 0 Å². The number of halogens is 1. The lowest BCUT2D eigenvalue weighted by atomic mass is 9.96. The quantitative estimate of drug-likeness (QED) is 0.203. The SMILES string of the molecule is Cc1cccc(-c2cccc3c2CC[C@@H]3Oc2cc(OCc3cncc(C#N)c3)c(CN[C@@H](CO)C(=O)O)cc2Cl)c1. The molecule has 0 unspecified atom stereocenters. The summed E-state index contributed by atoms with van der Waals surface area (Å²) in [6, 6.07) is 20.7. The molecule has 0 bridgehead atoms. The van der Waals surface area contributed by atoms with Crippen LogP contribution in [0.25, 0.3) is 11.1 Å². The number of hydrogen-bond donors (Lipinski definition) is 3. The topological polar surface area (TPSA) is 125 Å². The summed E-state index contributed by atoms with van der Waals surface area (Å²) in [6.45, 7) is 1.71. The maximum absolute atomic E-state index is 11.4. The van der Waals surface area contributed by atoms with Crippen molar-refractivity contribution in [3.63, 3.8) is 0 Å². The monoisotopic (exact) mass is 583 g/mol. The highest BCUT2D eigenvalue weighted by molar-refractivity contribution is 6.32. The number of ether oxygens (including phenoxy) is 2. The van der Waals surface area contributed by atoms with Gasteiger partial charge in [-0.25, -0.2) is 0 Å². The predicted molar refractivity (Wildman–Crippen MR) is 158 cm³/mol. The van der Waals surface area contributed by atoms with E-state index in [-0.39, 0.29) is 19.3 Å². The molecule has 4 aromatic rings. The second-order valence-electron chi connectivity index (χ2n) is 10.2. The Bertz CT molecular complexity index is 1650. The van der Waals surface area contributed by atoms with Crippen molar-refractivity contribution < 1.29 is 24.5 Å². The number of carbonyl (C=O) groups is 1. The Kier molecular flexibility index (Phi) is 9.03. The number of aromatic nitrogens is 1. The first-order valence-electron chi connectivity index (χ1n) is 13.6. The van der Waals surface area contributed by atoms with Crippen molar-refractivity contribution in [2.75, 3.05) is 6.61 Å². The van der Waals surface area contributed by atoms with E-state index in [1.807, 2.05) is 6.07 Å². The first kappa shape index (κ1) is 29.1. The Morgan fingerprint density at radius 2 is 2.00 bits per heavy atom. The van der Waals surface area contributed by atoms with E-state index in [0.717, 1.165) is 18.4 Å². The molecule has 0 saturated carbocycles. The average molecular weight is 584 g/mol. The number of rotatable bonds is 11. The number of aliphatic carboxylic acids is 1. The highest BCUT2D eigenvalue weighted by atomic mass is 35.5. The Labute approximate surface area is 249 Å². The van der Waals surface area contributed by atoms with E-state index < -0.39 is 18.6 Å². The maximum Gasteiger partial charge on any atom is 0.323 e. The number of nitriles is 1. The molecule has 1 aliphatic carbocycles. The standard InChI is InChI=1S/C33H30ClN3O5/c1-20-4-2-5-23(10-20)25-6-3-7-27-26(25)8-9-30(27)42-32-13-31(41-19-22-11-21(14-35)15-36-16-22)24(12-28(32)34)17-37-29(18-38)33(39)40/h2-7,10-13,15-16,29-30,37-38H,8-9,17-19H2,1H3,(H,39,40)/t29-,30-/m0/s1. The Morgan fingerprint density at radius 3 is 2.76 bits per heavy atom. The van der Waals surface area contributed by atoms with E-state index in [0.29, 0.717) is 33.2 Å². The number of aryl methyl sites for hydroxylation is 1. The summed E-state index contributed by atoms with van der Waals surface area (Å²) in [7, 11) is 0. The Hall–Kier alpha value is -4.42. The number of aliphatic hydroxyl groups excluding tert-OH is 1. The zero-order chi connectivity index (χ0) is 29.6. The fourth-order valence-corrected chi connectivity index (χ4v) is 5.40. The van der Waals surface area contributed by atoms with Gasteiger partial charge in [-0.3, -0.25) is 15.1 Å². The first-order valence-corrected chi connectivity index (χ1v) is 14.0. The van der Waals surface area contributed by atoms with E-state index in [4.69, 9.17) is 21.1 Å². The van der Waals surface area contributed by atoms with Crippen LogP contribution in [0.2, 0.25) is 5.02 Å². The molecule has 0 spiro atoms. The van der Waals surface area contributed by atoms with Gasteiger partial charge < -0.3 is 19.7 Å². The summed E-state index contributed by atoms with van der Waals surface area (Å²) in [5, 5.41) is 31.1. The van der Waals surface area contributed by atoms with Crippen molar-refractivity contribution in [3.8, 4) is 28.7 Å². The number of nitrogens with zero attached hydrogens (tertiary/aromatic N) is 2. The van der Waals surface area contributed by atoms with Crippen molar-refractivity contribution in [2.24, 2.45) is 0 Å². The third kappa shape index (κ3) is 6.55. The molecule has 1 aromatic heterocycles. The molecule has 1 heterocycles. The van der Waals surface area contributed by atoms with Crippen molar-refractivity contribution in [2.45, 2.75) is 45.1 Å². The Morgan fingerprint density at radius 1 is 1.17 bits per heavy atom. The number of fused-ring (bicyclic) bond motifs is 1. The fourth-order valence-electron chi connectivity index (χ4n) is 5.17. The van der Waals surface area contributed by atoms with Crippen LogP contribution in [-0.4, -0.2) is 33.8 Å². The number of nitrogens with one attached hydrogen (secondary N) is 1. The van der Waals surface area contributed by atoms with Gasteiger partial charge in [-0.15, -0.1) is 0 Å². The van der Waals surface area contributed by atoms with E-state index in [1.165, 1.54) is 28.5 Å². The number of benzene rings is 3. The van der Waals surface area contributed by atoms with Gasteiger partial charge >= 0.3 is 5.97 Å². The number of aliphatic hydroxyl groups is 1. The van der Waals surface area contributed by atoms with Crippen LogP contribution >= 0.6 is 11.6 Å². The van der Waals surface area contributed by atoms with Crippen molar-refractivity contribution in [1.82, 2.24) is 10.3 Å². The van der Waals surface area contributed by atoms with Crippen LogP contribution in [0.15, 0.2) is 73.1 Å². The number of carboxylic acids is 1. The normalized spacial score (nSPS) is 14.6. The molecule has 9 heteroatoms. The summed E-state index contributed by atoms with van der Waals surface area (Å²) < 4.78 is 12.6. The third-order valence-electron chi connectivity index (χ3n) is 7.27. The summed E-state index contributed by atoms with van der Waals surface area (Å²) in [6.07, 6.45) is 4.53. The molecule has 8 nitrogen and oxygen atoms in total. The predicted octanol–water partition coefficient (Wildman–Crippen LogP) is 5.76. The maximum atomic E-state index is 11.4. The highest BCUT2D eigenvalue weighted by Crippen LogP contribution is 2.43. The van der Waals surface area contributed by atoms with Crippen LogP contribution in [-0.2, 0) is 24.4 Å². The van der Waals surface area contributed by atoms with E-state index in [1.54, 1.807) is 24.4 Å². The summed E-state index contributed by atoms with van der Waals surface area (Å²) in [5.74, 6) is -0.302. The van der Waals surface area contributed by atoms with Gasteiger partial charge in [-0.05, 0) is 54.2 Å². The summed E-state index contributed by atoms with van der Waals surface area (Å²) in [5.41, 5.74) is 7.64. The van der Waals surface area contributed by atoms with Crippen LogP contribution in [0.3, 0.4) is 0 Å². The van der Waals surface area contributed by atoms with Gasteiger partial charge in [0.25, 0.3) is 0 Å². The lowest BCUT2D eigenvalue weighted by molar-refractivity contribution is -0.140. The lowest BCUT2D eigenvalue weighted by Gasteiger charge is -2.20. The molecule has 42 heavy (non-hydrogen) atoms. The zero-order valence-electron chi connectivity index (χ0n) is 23.0. The average Bonchev–Trinajstić information content (AvgIpc) is 3.40. The summed E-state index contributed by atoms with van der Waals surface area (Å²) in [4.78, 5) is 15.5. The molecule has 1 aliphatic rings. The summed E-state index contributed by atoms with van der Waals surface area (Å²) >= 11 is 6.70. The van der Waals surface area contributed by atoms with Crippen molar-refractivity contribution in [3.05, 3.63) is 111 Å². The van der Waals surface area contributed by atoms with Crippen molar-refractivity contribution >= 4 is 17.6 Å². The van der Waals surface area contributed by atoms with Crippen LogP contribution < -0.4 is 14.8 Å². The highest BCUT2D eigenvalue weighted by Gasteiger charge is 2.28. The van der Waals surface area contributed by atoms with Crippen LogP contribution in [0.5, 0.6) is 11.5 Å². The minimum atomic E-state index is -1.17. The molecular formula is C33H30ClN3O5. The smallest absolute Gasteiger partial charge is 0.323 e. The van der Waals surface area contributed by atoms with E-state index in [9.17, 15) is 20.3 Å². The number of hydrogen-bond acceptors (Lipinski definition) is 7. The van der Waals surface area contributed by atoms with Crippen molar-refractivity contribution in [1.29, 1.82) is 5.26 Å². The zero-order valence-corrected chi connectivity index (χ0v) is 23.8. The van der Waals surface area contributed by atoms with Crippen LogP contribution in [0, 0.1) is 18.3 Å². The van der Waals surface area contributed by atoms with Crippen LogP contribution in [0.1, 0.15) is 45.9 Å². The van der Waals surface area contributed by atoms with E-state index in [2.05, 4.69) is 59.7 Å². The molecular weight excluding hydrogens is 554 g/mol. The fraction of sp³-hybridized carbons (Fsp3) is 0.242.